The first-order valence-corrected chi connectivity index (χ1v) is 6.04. The van der Waals surface area contributed by atoms with Gasteiger partial charge in [0.2, 0.25) is 0 Å². The smallest absolute Gasteiger partial charge is 0.177 e. The van der Waals surface area contributed by atoms with E-state index in [1.54, 1.807) is 6.26 Å². The van der Waals surface area contributed by atoms with Crippen LogP contribution in [0.4, 0.5) is 0 Å². The Morgan fingerprint density at radius 3 is 3.19 bits per heavy atom. The number of rotatable bonds is 1. The molecule has 0 spiro atoms. The van der Waals surface area contributed by atoms with Crippen LogP contribution in [0.25, 0.3) is 11.6 Å². The predicted octanol–water partition coefficient (Wildman–Crippen LogP) is 2.73. The molecule has 0 amide bonds. The van der Waals surface area contributed by atoms with Crippen LogP contribution < -0.4 is 0 Å². The molecule has 1 unspecified atom stereocenters. The highest BCUT2D eigenvalue weighted by Gasteiger charge is 2.26. The lowest BCUT2D eigenvalue weighted by molar-refractivity contribution is 0.138. The van der Waals surface area contributed by atoms with Crippen LogP contribution in [0.3, 0.4) is 0 Å². The fourth-order valence-corrected chi connectivity index (χ4v) is 2.80. The SMILES string of the molecule is OC1CCCn2c(-c3ccco3)nc(Br)c21. The third kappa shape index (κ3) is 1.43. The molecule has 0 saturated heterocycles. The number of imidazole rings is 1. The Morgan fingerprint density at radius 2 is 2.44 bits per heavy atom. The van der Waals surface area contributed by atoms with E-state index in [0.717, 1.165) is 36.7 Å². The van der Waals surface area contributed by atoms with Crippen LogP contribution in [0.15, 0.2) is 27.4 Å². The zero-order valence-corrected chi connectivity index (χ0v) is 10.1. The molecule has 0 radical (unpaired) electrons. The first-order chi connectivity index (χ1) is 7.77. The van der Waals surface area contributed by atoms with Crippen LogP contribution in [-0.2, 0) is 6.54 Å². The molecule has 0 saturated carbocycles. The summed E-state index contributed by atoms with van der Waals surface area (Å²) in [5.74, 6) is 1.52. The number of hydrogen-bond acceptors (Lipinski definition) is 3. The maximum absolute atomic E-state index is 9.93. The Hall–Kier alpha value is -1.07. The molecule has 0 bridgehead atoms. The van der Waals surface area contributed by atoms with Crippen molar-refractivity contribution in [3.8, 4) is 11.6 Å². The largest absolute Gasteiger partial charge is 0.461 e. The van der Waals surface area contributed by atoms with Crippen LogP contribution in [0.1, 0.15) is 24.6 Å². The van der Waals surface area contributed by atoms with Gasteiger partial charge in [-0.25, -0.2) is 4.98 Å². The van der Waals surface area contributed by atoms with Gasteiger partial charge in [-0.2, -0.15) is 0 Å². The molecular weight excluding hydrogens is 272 g/mol. The normalized spacial score (nSPS) is 19.8. The fraction of sp³-hybridized carbons (Fsp3) is 0.364. The number of furan rings is 1. The summed E-state index contributed by atoms with van der Waals surface area (Å²) >= 11 is 3.40. The van der Waals surface area contributed by atoms with Crippen LogP contribution in [0, 0.1) is 0 Å². The fourth-order valence-electron chi connectivity index (χ4n) is 2.15. The molecule has 84 valence electrons. The summed E-state index contributed by atoms with van der Waals surface area (Å²) in [6.45, 7) is 0.876. The first kappa shape index (κ1) is 10.1. The van der Waals surface area contributed by atoms with Crippen molar-refractivity contribution >= 4 is 15.9 Å². The topological polar surface area (TPSA) is 51.2 Å². The van der Waals surface area contributed by atoms with Gasteiger partial charge in [-0.3, -0.25) is 0 Å². The summed E-state index contributed by atoms with van der Waals surface area (Å²) in [5, 5.41) is 9.93. The molecule has 2 aromatic rings. The van der Waals surface area contributed by atoms with E-state index in [9.17, 15) is 5.11 Å². The Balaban J connectivity index is 2.18. The Labute approximate surface area is 101 Å². The molecule has 3 rings (SSSR count). The van der Waals surface area contributed by atoms with Gasteiger partial charge in [-0.05, 0) is 40.9 Å². The minimum atomic E-state index is -0.431. The summed E-state index contributed by atoms with van der Waals surface area (Å²) in [4.78, 5) is 4.41. The molecule has 2 aromatic heterocycles. The molecule has 0 aliphatic carbocycles. The molecule has 3 heterocycles. The Bertz CT molecular complexity index is 504. The lowest BCUT2D eigenvalue weighted by atomic mass is 10.1. The number of halogens is 1. The highest BCUT2D eigenvalue weighted by atomic mass is 79.9. The number of aliphatic hydroxyl groups is 1. The van der Waals surface area contributed by atoms with Crippen LogP contribution in [0.2, 0.25) is 0 Å². The maximum atomic E-state index is 9.93. The van der Waals surface area contributed by atoms with Crippen LogP contribution in [0.5, 0.6) is 0 Å². The van der Waals surface area contributed by atoms with Crippen molar-refractivity contribution in [1.29, 1.82) is 0 Å². The summed E-state index contributed by atoms with van der Waals surface area (Å²) in [6.07, 6.45) is 2.95. The van der Waals surface area contributed by atoms with Crippen molar-refractivity contribution in [3.63, 3.8) is 0 Å². The Morgan fingerprint density at radius 1 is 1.56 bits per heavy atom. The van der Waals surface area contributed by atoms with E-state index in [4.69, 9.17) is 4.42 Å². The molecule has 1 aliphatic rings. The van der Waals surface area contributed by atoms with Crippen molar-refractivity contribution in [1.82, 2.24) is 9.55 Å². The highest BCUT2D eigenvalue weighted by Crippen LogP contribution is 2.35. The lowest BCUT2D eigenvalue weighted by Gasteiger charge is -2.21. The molecule has 0 fully saturated rings. The molecule has 1 N–H and O–H groups in total. The second kappa shape index (κ2) is 3.75. The van der Waals surface area contributed by atoms with E-state index in [-0.39, 0.29) is 0 Å². The van der Waals surface area contributed by atoms with E-state index >= 15 is 0 Å². The molecule has 0 aromatic carbocycles. The lowest BCUT2D eigenvalue weighted by Crippen LogP contribution is -2.15. The van der Waals surface area contributed by atoms with E-state index in [0.29, 0.717) is 4.60 Å². The van der Waals surface area contributed by atoms with E-state index in [1.165, 1.54) is 0 Å². The number of hydrogen-bond donors (Lipinski definition) is 1. The number of aromatic nitrogens is 2. The van der Waals surface area contributed by atoms with Gasteiger partial charge in [-0.1, -0.05) is 0 Å². The van der Waals surface area contributed by atoms with E-state index in [1.807, 2.05) is 16.7 Å². The third-order valence-corrected chi connectivity index (χ3v) is 3.46. The number of fused-ring (bicyclic) bond motifs is 1. The average molecular weight is 283 g/mol. The second-order valence-electron chi connectivity index (χ2n) is 3.90. The van der Waals surface area contributed by atoms with Crippen LogP contribution in [-0.4, -0.2) is 14.7 Å². The van der Waals surface area contributed by atoms with Crippen molar-refractivity contribution in [3.05, 3.63) is 28.7 Å². The van der Waals surface area contributed by atoms with Gasteiger partial charge >= 0.3 is 0 Å². The van der Waals surface area contributed by atoms with Gasteiger partial charge in [-0.15, -0.1) is 0 Å². The monoisotopic (exact) mass is 282 g/mol. The van der Waals surface area contributed by atoms with Gasteiger partial charge in [0.25, 0.3) is 0 Å². The molecule has 1 atom stereocenters. The first-order valence-electron chi connectivity index (χ1n) is 5.25. The maximum Gasteiger partial charge on any atom is 0.177 e. The summed E-state index contributed by atoms with van der Waals surface area (Å²) in [7, 11) is 0. The second-order valence-corrected chi connectivity index (χ2v) is 4.65. The zero-order chi connectivity index (χ0) is 11.1. The molecule has 4 nitrogen and oxygen atoms in total. The number of nitrogens with zero attached hydrogens (tertiary/aromatic N) is 2. The van der Waals surface area contributed by atoms with Gasteiger partial charge in [0, 0.05) is 6.54 Å². The summed E-state index contributed by atoms with van der Waals surface area (Å²) in [5.41, 5.74) is 0.859. The standard InChI is InChI=1S/C11H11BrN2O2/c12-10-9-7(15)3-1-5-14(9)11(13-10)8-4-2-6-16-8/h2,4,6-7,15H,1,3,5H2. The Kier molecular flexibility index (Phi) is 2.37. The minimum Gasteiger partial charge on any atom is -0.461 e. The molecule has 16 heavy (non-hydrogen) atoms. The molecule has 1 aliphatic heterocycles. The van der Waals surface area contributed by atoms with Gasteiger partial charge in [0.1, 0.15) is 4.60 Å². The van der Waals surface area contributed by atoms with Crippen molar-refractivity contribution in [2.45, 2.75) is 25.5 Å². The predicted molar refractivity (Wildman–Crippen MR) is 61.8 cm³/mol. The average Bonchev–Trinajstić information content (AvgIpc) is 2.86. The van der Waals surface area contributed by atoms with Gasteiger partial charge < -0.3 is 14.1 Å². The van der Waals surface area contributed by atoms with Crippen molar-refractivity contribution < 1.29 is 9.52 Å². The summed E-state index contributed by atoms with van der Waals surface area (Å²) in [6, 6.07) is 3.72. The quantitative estimate of drug-likeness (QED) is 0.875. The zero-order valence-electron chi connectivity index (χ0n) is 8.56. The third-order valence-electron chi connectivity index (χ3n) is 2.88. The summed E-state index contributed by atoms with van der Waals surface area (Å²) < 4.78 is 8.09. The van der Waals surface area contributed by atoms with Crippen LogP contribution >= 0.6 is 15.9 Å². The minimum absolute atomic E-state index is 0.431. The van der Waals surface area contributed by atoms with Crippen molar-refractivity contribution in [2.75, 3.05) is 0 Å². The molecular formula is C11H11BrN2O2. The number of aliphatic hydroxyl groups excluding tert-OH is 1. The van der Waals surface area contributed by atoms with E-state index < -0.39 is 6.10 Å². The van der Waals surface area contributed by atoms with Gasteiger partial charge in [0.05, 0.1) is 18.1 Å². The van der Waals surface area contributed by atoms with Gasteiger partial charge in [0.15, 0.2) is 11.6 Å². The van der Waals surface area contributed by atoms with Crippen molar-refractivity contribution in [2.24, 2.45) is 0 Å². The molecule has 5 heteroatoms. The highest BCUT2D eigenvalue weighted by molar-refractivity contribution is 9.10. The van der Waals surface area contributed by atoms with E-state index in [2.05, 4.69) is 20.9 Å².